The van der Waals surface area contributed by atoms with Crippen LogP contribution in [0.5, 0.6) is 17.2 Å². The number of ether oxygens (including phenoxy) is 3. The van der Waals surface area contributed by atoms with Gasteiger partial charge in [0.05, 0.1) is 31.0 Å². The number of anilines is 1. The van der Waals surface area contributed by atoms with Crippen LogP contribution in [0.15, 0.2) is 36.4 Å². The predicted octanol–water partition coefficient (Wildman–Crippen LogP) is 4.29. The molecule has 176 valence electrons. The minimum absolute atomic E-state index is 0.0346. The second-order valence-corrected chi connectivity index (χ2v) is 9.05. The van der Waals surface area contributed by atoms with Gasteiger partial charge in [0, 0.05) is 25.6 Å². The Kier molecular flexibility index (Phi) is 7.54. The number of hydrogen-bond acceptors (Lipinski definition) is 7. The summed E-state index contributed by atoms with van der Waals surface area (Å²) in [5.74, 6) is 2.63. The minimum atomic E-state index is 0.0346. The summed E-state index contributed by atoms with van der Waals surface area (Å²) >= 11 is 1.68. The fourth-order valence-corrected chi connectivity index (χ4v) is 5.21. The highest BCUT2D eigenvalue weighted by Gasteiger charge is 2.26. The monoisotopic (exact) mass is 469 g/mol. The summed E-state index contributed by atoms with van der Waals surface area (Å²) in [6.45, 7) is 4.88. The van der Waals surface area contributed by atoms with Crippen molar-refractivity contribution in [2.24, 2.45) is 5.92 Å². The summed E-state index contributed by atoms with van der Waals surface area (Å²) < 4.78 is 17.5. The molecule has 7 nitrogen and oxygen atoms in total. The lowest BCUT2D eigenvalue weighted by atomic mass is 9.96. The molecule has 0 aliphatic carbocycles. The number of nitrogens with zero attached hydrogens (tertiary/aromatic N) is 2. The van der Waals surface area contributed by atoms with Gasteiger partial charge in [0.15, 0.2) is 5.13 Å². The van der Waals surface area contributed by atoms with E-state index in [0.29, 0.717) is 19.6 Å². The van der Waals surface area contributed by atoms with Crippen molar-refractivity contribution in [1.29, 1.82) is 0 Å². The van der Waals surface area contributed by atoms with Crippen LogP contribution in [0.4, 0.5) is 5.13 Å². The molecule has 0 bridgehead atoms. The third kappa shape index (κ3) is 5.50. The van der Waals surface area contributed by atoms with Crippen LogP contribution in [0.3, 0.4) is 0 Å². The van der Waals surface area contributed by atoms with E-state index in [2.05, 4.69) is 16.3 Å². The Labute approximate surface area is 198 Å². The van der Waals surface area contributed by atoms with Gasteiger partial charge in [-0.25, -0.2) is 4.98 Å². The molecule has 33 heavy (non-hydrogen) atoms. The Bertz CT molecular complexity index is 1090. The maximum atomic E-state index is 12.7. The zero-order valence-electron chi connectivity index (χ0n) is 19.4. The molecule has 2 heterocycles. The van der Waals surface area contributed by atoms with Crippen molar-refractivity contribution in [2.45, 2.75) is 26.2 Å². The van der Waals surface area contributed by atoms with E-state index in [1.807, 2.05) is 37.3 Å². The average Bonchev–Trinajstić information content (AvgIpc) is 3.27. The standard InChI is InChI=1S/C25H31N3O4S/c1-4-32-20-5-7-21-23(16-20)33-25(27-21)28-13-10-17(11-14-28)24(29)26-12-9-18-15-19(30-2)6-8-22(18)31-3/h5-8,15-17H,4,9-14H2,1-3H3,(H,26,29). The lowest BCUT2D eigenvalue weighted by Crippen LogP contribution is -2.41. The Balaban J connectivity index is 1.28. The van der Waals surface area contributed by atoms with Crippen molar-refractivity contribution in [1.82, 2.24) is 10.3 Å². The van der Waals surface area contributed by atoms with Gasteiger partial charge in [-0.2, -0.15) is 0 Å². The quantitative estimate of drug-likeness (QED) is 0.504. The van der Waals surface area contributed by atoms with Crippen LogP contribution in [0.2, 0.25) is 0 Å². The van der Waals surface area contributed by atoms with Crippen molar-refractivity contribution >= 4 is 32.6 Å². The second-order valence-electron chi connectivity index (χ2n) is 8.04. The zero-order valence-corrected chi connectivity index (χ0v) is 20.2. The Morgan fingerprint density at radius 3 is 2.64 bits per heavy atom. The van der Waals surface area contributed by atoms with Gasteiger partial charge in [0.1, 0.15) is 17.2 Å². The maximum Gasteiger partial charge on any atom is 0.223 e. The average molecular weight is 470 g/mol. The SMILES string of the molecule is CCOc1ccc2nc(N3CCC(C(=O)NCCc4cc(OC)ccc4OC)CC3)sc2c1. The predicted molar refractivity (Wildman–Crippen MR) is 132 cm³/mol. The number of carbonyl (C=O) groups excluding carboxylic acids is 1. The molecule has 0 spiro atoms. The maximum absolute atomic E-state index is 12.7. The minimum Gasteiger partial charge on any atom is -0.497 e. The van der Waals surface area contributed by atoms with Crippen molar-refractivity contribution in [2.75, 3.05) is 45.4 Å². The van der Waals surface area contributed by atoms with E-state index in [4.69, 9.17) is 19.2 Å². The molecule has 0 saturated carbocycles. The summed E-state index contributed by atoms with van der Waals surface area (Å²) in [4.78, 5) is 19.8. The lowest BCUT2D eigenvalue weighted by Gasteiger charge is -2.31. The molecular formula is C25H31N3O4S. The number of methoxy groups -OCH3 is 2. The van der Waals surface area contributed by atoms with Gasteiger partial charge in [-0.3, -0.25) is 4.79 Å². The number of fused-ring (bicyclic) bond motifs is 1. The number of hydrogen-bond donors (Lipinski definition) is 1. The van der Waals surface area contributed by atoms with Crippen LogP contribution in [0.1, 0.15) is 25.3 Å². The highest BCUT2D eigenvalue weighted by Crippen LogP contribution is 2.33. The smallest absolute Gasteiger partial charge is 0.223 e. The highest BCUT2D eigenvalue weighted by molar-refractivity contribution is 7.22. The molecule has 4 rings (SSSR count). The fourth-order valence-electron chi connectivity index (χ4n) is 4.16. The molecule has 0 atom stereocenters. The Morgan fingerprint density at radius 2 is 1.91 bits per heavy atom. The molecule has 1 amide bonds. The summed E-state index contributed by atoms with van der Waals surface area (Å²) in [6, 6.07) is 11.8. The number of benzene rings is 2. The van der Waals surface area contributed by atoms with Crippen LogP contribution < -0.4 is 24.4 Å². The third-order valence-electron chi connectivity index (χ3n) is 5.98. The molecule has 1 saturated heterocycles. The summed E-state index contributed by atoms with van der Waals surface area (Å²) in [5, 5.41) is 4.12. The van der Waals surface area contributed by atoms with Gasteiger partial charge in [-0.1, -0.05) is 11.3 Å². The third-order valence-corrected chi connectivity index (χ3v) is 7.06. The van der Waals surface area contributed by atoms with Crippen molar-refractivity contribution in [3.8, 4) is 17.2 Å². The zero-order chi connectivity index (χ0) is 23.2. The van der Waals surface area contributed by atoms with E-state index >= 15 is 0 Å². The molecule has 2 aromatic carbocycles. The molecule has 1 aliphatic heterocycles. The molecule has 1 fully saturated rings. The first kappa shape index (κ1) is 23.2. The Morgan fingerprint density at radius 1 is 1.12 bits per heavy atom. The van der Waals surface area contributed by atoms with E-state index in [0.717, 1.165) is 64.1 Å². The van der Waals surface area contributed by atoms with Gasteiger partial charge in [-0.05, 0) is 68.1 Å². The number of thiazole rings is 1. The van der Waals surface area contributed by atoms with Gasteiger partial charge in [0.2, 0.25) is 5.91 Å². The number of nitrogens with one attached hydrogen (secondary N) is 1. The van der Waals surface area contributed by atoms with Gasteiger partial charge in [0.25, 0.3) is 0 Å². The molecule has 8 heteroatoms. The summed E-state index contributed by atoms with van der Waals surface area (Å²) in [5.41, 5.74) is 2.02. The molecule has 1 aliphatic rings. The summed E-state index contributed by atoms with van der Waals surface area (Å²) in [7, 11) is 3.30. The van der Waals surface area contributed by atoms with Gasteiger partial charge < -0.3 is 24.4 Å². The highest BCUT2D eigenvalue weighted by atomic mass is 32.1. The first-order valence-corrected chi connectivity index (χ1v) is 12.2. The number of rotatable bonds is 9. The first-order valence-electron chi connectivity index (χ1n) is 11.4. The second kappa shape index (κ2) is 10.7. The van der Waals surface area contributed by atoms with E-state index in [1.54, 1.807) is 25.6 Å². The van der Waals surface area contributed by atoms with Crippen molar-refractivity contribution in [3.05, 3.63) is 42.0 Å². The van der Waals surface area contributed by atoms with Crippen LogP contribution in [0.25, 0.3) is 10.2 Å². The number of carbonyl (C=O) groups is 1. The number of piperidine rings is 1. The number of amides is 1. The van der Waals surface area contributed by atoms with Crippen LogP contribution in [0, 0.1) is 5.92 Å². The topological polar surface area (TPSA) is 72.9 Å². The normalized spacial score (nSPS) is 14.3. The van der Waals surface area contributed by atoms with Gasteiger partial charge in [-0.15, -0.1) is 0 Å². The molecular weight excluding hydrogens is 438 g/mol. The van der Waals surface area contributed by atoms with Crippen LogP contribution >= 0.6 is 11.3 Å². The molecule has 1 N–H and O–H groups in total. The van der Waals surface area contributed by atoms with Crippen LogP contribution in [-0.4, -0.2) is 51.4 Å². The van der Waals surface area contributed by atoms with E-state index in [9.17, 15) is 4.79 Å². The summed E-state index contributed by atoms with van der Waals surface area (Å²) in [6.07, 6.45) is 2.35. The molecule has 0 unspecified atom stereocenters. The molecule has 1 aromatic heterocycles. The van der Waals surface area contributed by atoms with Crippen molar-refractivity contribution < 1.29 is 19.0 Å². The largest absolute Gasteiger partial charge is 0.497 e. The van der Waals surface area contributed by atoms with Crippen molar-refractivity contribution in [3.63, 3.8) is 0 Å². The fraction of sp³-hybridized carbons (Fsp3) is 0.440. The number of aromatic nitrogens is 1. The van der Waals surface area contributed by atoms with E-state index < -0.39 is 0 Å². The molecule has 3 aromatic rings. The lowest BCUT2D eigenvalue weighted by molar-refractivity contribution is -0.125. The van der Waals surface area contributed by atoms with E-state index in [-0.39, 0.29) is 11.8 Å². The van der Waals surface area contributed by atoms with Crippen LogP contribution in [-0.2, 0) is 11.2 Å². The van der Waals surface area contributed by atoms with Gasteiger partial charge >= 0.3 is 0 Å². The molecule has 0 radical (unpaired) electrons. The Hall–Kier alpha value is -3.00. The van der Waals surface area contributed by atoms with E-state index in [1.165, 1.54) is 0 Å². The first-order chi connectivity index (χ1) is 16.1.